The Morgan fingerprint density at radius 3 is 2.20 bits per heavy atom. The number of rotatable bonds is 5. The summed E-state index contributed by atoms with van der Waals surface area (Å²) in [6.07, 6.45) is 1.95. The van der Waals surface area contributed by atoms with E-state index in [1.54, 1.807) is 6.07 Å². The number of pyridine rings is 2. The first-order valence-corrected chi connectivity index (χ1v) is 18.5. The maximum absolute atomic E-state index is 10.8. The third kappa shape index (κ3) is 5.13. The largest absolute Gasteiger partial charge is 0.506 e. The van der Waals surface area contributed by atoms with Gasteiger partial charge >= 0.3 is 0 Å². The lowest BCUT2D eigenvalue weighted by atomic mass is 9.86. The van der Waals surface area contributed by atoms with Crippen LogP contribution in [0, 0.1) is 0 Å². The van der Waals surface area contributed by atoms with Gasteiger partial charge in [0.05, 0.1) is 16.9 Å². The molecular formula is C40H37N3OSi. The van der Waals surface area contributed by atoms with Crippen molar-refractivity contribution in [2.24, 2.45) is 0 Å². The lowest BCUT2D eigenvalue weighted by Gasteiger charge is -2.24. The molecule has 3 heterocycles. The minimum atomic E-state index is -2.15. The molecule has 0 fully saturated rings. The van der Waals surface area contributed by atoms with E-state index in [4.69, 9.17) is 9.97 Å². The molecule has 7 aromatic rings. The Balaban J connectivity index is 1.29. The van der Waals surface area contributed by atoms with Crippen LogP contribution in [0.1, 0.15) is 26.3 Å². The van der Waals surface area contributed by atoms with Crippen molar-refractivity contribution in [1.82, 2.24) is 14.5 Å². The van der Waals surface area contributed by atoms with Gasteiger partial charge < -0.3 is 5.11 Å². The Bertz CT molecular complexity index is 2190. The predicted molar refractivity (Wildman–Crippen MR) is 191 cm³/mol. The lowest BCUT2D eigenvalue weighted by Crippen LogP contribution is -2.54. The van der Waals surface area contributed by atoms with Crippen LogP contribution in [0.4, 0.5) is 0 Å². The van der Waals surface area contributed by atoms with Crippen molar-refractivity contribution >= 4 is 40.5 Å². The van der Waals surface area contributed by atoms with Gasteiger partial charge in [0.15, 0.2) is 0 Å². The van der Waals surface area contributed by atoms with Crippen molar-refractivity contribution in [3.05, 3.63) is 133 Å². The summed E-state index contributed by atoms with van der Waals surface area (Å²) in [7, 11) is -2.15. The summed E-state index contributed by atoms with van der Waals surface area (Å²) in [4.78, 5) is 10.1. The molecule has 222 valence electrons. The zero-order valence-electron chi connectivity index (χ0n) is 26.4. The normalized spacial score (nSPS) is 12.2. The van der Waals surface area contributed by atoms with Crippen LogP contribution in [0.3, 0.4) is 0 Å². The van der Waals surface area contributed by atoms with Gasteiger partial charge in [-0.25, -0.2) is 4.98 Å². The number of aromatic nitrogens is 3. The van der Waals surface area contributed by atoms with Gasteiger partial charge in [-0.2, -0.15) is 0 Å². The molecule has 0 aliphatic heterocycles. The average molecular weight is 604 g/mol. The molecule has 7 rings (SSSR count). The van der Waals surface area contributed by atoms with E-state index in [0.29, 0.717) is 0 Å². The number of aromatic hydroxyl groups is 1. The van der Waals surface area contributed by atoms with Crippen LogP contribution in [-0.4, -0.2) is 27.7 Å². The zero-order valence-corrected chi connectivity index (χ0v) is 27.4. The minimum absolute atomic E-state index is 0.126. The Kier molecular flexibility index (Phi) is 6.94. The highest BCUT2D eigenvalue weighted by atomic mass is 28.3. The van der Waals surface area contributed by atoms with Crippen molar-refractivity contribution in [3.8, 4) is 33.8 Å². The van der Waals surface area contributed by atoms with Gasteiger partial charge in [0.1, 0.15) is 19.5 Å². The lowest BCUT2D eigenvalue weighted by molar-refractivity contribution is 0.473. The summed E-state index contributed by atoms with van der Waals surface area (Å²) in [5.41, 5.74) is 8.38. The number of fused-ring (bicyclic) bond motifs is 3. The van der Waals surface area contributed by atoms with Crippen LogP contribution in [0.25, 0.3) is 50.0 Å². The molecule has 4 nitrogen and oxygen atoms in total. The second-order valence-corrected chi connectivity index (χ2v) is 17.7. The first-order valence-electron chi connectivity index (χ1n) is 15.5. The van der Waals surface area contributed by atoms with Gasteiger partial charge in [0, 0.05) is 27.8 Å². The van der Waals surface area contributed by atoms with Crippen LogP contribution in [0.15, 0.2) is 128 Å². The minimum Gasteiger partial charge on any atom is -0.506 e. The SMILES string of the molecule is CC(C)(C)c1ccc(-c2ccnc([Si](C)(C)c3cccc(-c4ccc5c6ccccc6n(-c6ccccc6O)c5n4)c3)c2)cc1. The van der Waals surface area contributed by atoms with E-state index in [1.165, 1.54) is 21.9 Å². The van der Waals surface area contributed by atoms with E-state index in [-0.39, 0.29) is 11.2 Å². The number of nitrogens with zero attached hydrogens (tertiary/aromatic N) is 3. The Morgan fingerprint density at radius 1 is 0.667 bits per heavy atom. The van der Waals surface area contributed by atoms with Gasteiger partial charge in [-0.3, -0.25) is 9.55 Å². The molecule has 0 bridgehead atoms. The molecule has 5 heteroatoms. The highest BCUT2D eigenvalue weighted by molar-refractivity contribution is 7.00. The van der Waals surface area contributed by atoms with Gasteiger partial charge in [-0.1, -0.05) is 118 Å². The van der Waals surface area contributed by atoms with Crippen molar-refractivity contribution < 1.29 is 5.11 Å². The van der Waals surface area contributed by atoms with E-state index in [0.717, 1.165) is 44.2 Å². The topological polar surface area (TPSA) is 50.9 Å². The number of hydrogen-bond acceptors (Lipinski definition) is 3. The van der Waals surface area contributed by atoms with Crippen molar-refractivity contribution in [2.75, 3.05) is 0 Å². The molecule has 0 radical (unpaired) electrons. The Labute approximate surface area is 265 Å². The molecule has 45 heavy (non-hydrogen) atoms. The first-order chi connectivity index (χ1) is 21.6. The fourth-order valence-corrected chi connectivity index (χ4v) is 8.47. The smallest absolute Gasteiger partial charge is 0.146 e. The van der Waals surface area contributed by atoms with Crippen molar-refractivity contribution in [3.63, 3.8) is 0 Å². The maximum atomic E-state index is 10.8. The van der Waals surface area contributed by atoms with Crippen molar-refractivity contribution in [2.45, 2.75) is 39.3 Å². The van der Waals surface area contributed by atoms with Crippen LogP contribution in [0.2, 0.25) is 13.1 Å². The fourth-order valence-electron chi connectivity index (χ4n) is 6.23. The van der Waals surface area contributed by atoms with Crippen LogP contribution in [-0.2, 0) is 5.41 Å². The molecule has 0 amide bonds. The molecule has 0 aliphatic rings. The number of phenolic OH excluding ortho intramolecular Hbond substituents is 1. The molecule has 0 aliphatic carbocycles. The summed E-state index contributed by atoms with van der Waals surface area (Å²) in [6.45, 7) is 11.5. The third-order valence-electron chi connectivity index (χ3n) is 9.01. The molecule has 0 unspecified atom stereocenters. The van der Waals surface area contributed by atoms with E-state index in [2.05, 4.69) is 123 Å². The van der Waals surface area contributed by atoms with Crippen LogP contribution in [0.5, 0.6) is 5.75 Å². The quantitative estimate of drug-likeness (QED) is 0.200. The molecule has 4 aromatic carbocycles. The highest BCUT2D eigenvalue weighted by Gasteiger charge is 2.29. The van der Waals surface area contributed by atoms with Gasteiger partial charge in [0.25, 0.3) is 0 Å². The van der Waals surface area contributed by atoms with Gasteiger partial charge in [-0.15, -0.1) is 0 Å². The molecule has 3 aromatic heterocycles. The van der Waals surface area contributed by atoms with E-state index < -0.39 is 8.07 Å². The predicted octanol–water partition coefficient (Wildman–Crippen LogP) is 8.73. The van der Waals surface area contributed by atoms with Gasteiger partial charge in [-0.05, 0) is 64.6 Å². The van der Waals surface area contributed by atoms with E-state index in [9.17, 15) is 5.11 Å². The van der Waals surface area contributed by atoms with E-state index >= 15 is 0 Å². The zero-order chi connectivity index (χ0) is 31.3. The summed E-state index contributed by atoms with van der Waals surface area (Å²) in [5, 5.41) is 15.4. The van der Waals surface area contributed by atoms with Crippen molar-refractivity contribution in [1.29, 1.82) is 0 Å². The molecule has 0 saturated carbocycles. The first kappa shape index (κ1) is 28.7. The Hall–Kier alpha value is -5.00. The second kappa shape index (κ2) is 10.9. The second-order valence-electron chi connectivity index (χ2n) is 13.4. The third-order valence-corrected chi connectivity index (χ3v) is 12.3. The monoisotopic (exact) mass is 603 g/mol. The molecule has 0 saturated heterocycles. The summed E-state index contributed by atoms with van der Waals surface area (Å²) >= 11 is 0. The fraction of sp³-hybridized carbons (Fsp3) is 0.150. The average Bonchev–Trinajstić information content (AvgIpc) is 3.38. The summed E-state index contributed by atoms with van der Waals surface area (Å²) in [6, 6.07) is 42.1. The highest BCUT2D eigenvalue weighted by Crippen LogP contribution is 2.35. The van der Waals surface area contributed by atoms with Crippen LogP contribution >= 0.6 is 0 Å². The summed E-state index contributed by atoms with van der Waals surface area (Å²) < 4.78 is 2.06. The van der Waals surface area contributed by atoms with Crippen LogP contribution < -0.4 is 10.5 Å². The Morgan fingerprint density at radius 2 is 1.42 bits per heavy atom. The van der Waals surface area contributed by atoms with E-state index in [1.807, 2.05) is 36.5 Å². The number of para-hydroxylation sites is 3. The maximum Gasteiger partial charge on any atom is 0.146 e. The molecule has 0 atom stereocenters. The number of hydrogen-bond donors (Lipinski definition) is 1. The summed E-state index contributed by atoms with van der Waals surface area (Å²) in [5.74, 6) is 0.224. The molecule has 0 spiro atoms. The molecule has 1 N–H and O–H groups in total. The standard InChI is InChI=1S/C40H37N3OSi/c1-40(2,3)30-19-17-27(18-20-30)28-23-24-41-38(26-28)45(4,5)31-12-10-11-29(25-31)34-22-21-33-32-13-6-7-14-35(32)43(39(33)42-34)36-15-8-9-16-37(36)44/h6-26,44H,1-5H3. The van der Waals surface area contributed by atoms with Gasteiger partial charge in [0.2, 0.25) is 0 Å². The number of benzene rings is 4. The number of phenols is 1. The molecular weight excluding hydrogens is 567 g/mol.